The highest BCUT2D eigenvalue weighted by molar-refractivity contribution is 7.15. The topological polar surface area (TPSA) is 59.2 Å². The molecule has 1 fully saturated rings. The largest absolute Gasteiger partial charge is 0.375 e. The second kappa shape index (κ2) is 5.30. The Labute approximate surface area is 99.5 Å². The smallest absolute Gasteiger partial charge is 0.222 e. The fourth-order valence-corrected chi connectivity index (χ4v) is 2.67. The number of rotatable bonds is 2. The quantitative estimate of drug-likeness (QED) is 0.859. The van der Waals surface area contributed by atoms with Crippen LogP contribution in [0.2, 0.25) is 0 Å². The number of thiazole rings is 1. The molecule has 16 heavy (non-hydrogen) atoms. The zero-order chi connectivity index (χ0) is 11.4. The molecule has 0 aromatic carbocycles. The fraction of sp³-hybridized carbons (Fsp3) is 0.636. The minimum absolute atomic E-state index is 0.270. The molecule has 0 saturated carbocycles. The molecule has 2 heterocycles. The van der Waals surface area contributed by atoms with Crippen LogP contribution >= 0.6 is 11.3 Å². The van der Waals surface area contributed by atoms with E-state index >= 15 is 0 Å². The molecule has 0 atom stereocenters. The van der Waals surface area contributed by atoms with Crippen LogP contribution in [0, 0.1) is 0 Å². The molecule has 0 spiro atoms. The van der Waals surface area contributed by atoms with E-state index in [0.717, 1.165) is 24.3 Å². The van der Waals surface area contributed by atoms with Crippen LogP contribution in [0.1, 0.15) is 37.0 Å². The third-order valence-electron chi connectivity index (χ3n) is 2.84. The van der Waals surface area contributed by atoms with Crippen LogP contribution in [0.15, 0.2) is 6.20 Å². The minimum atomic E-state index is 0.270. The van der Waals surface area contributed by atoms with Gasteiger partial charge in [-0.1, -0.05) is 12.8 Å². The number of anilines is 1. The first kappa shape index (κ1) is 11.4. The Kier molecular flexibility index (Phi) is 3.77. The molecule has 2 N–H and O–H groups in total. The monoisotopic (exact) mass is 239 g/mol. The van der Waals surface area contributed by atoms with E-state index in [-0.39, 0.29) is 5.91 Å². The number of nitrogens with two attached hydrogens (primary N) is 1. The predicted octanol–water partition coefficient (Wildman–Crippen LogP) is 2.02. The molecule has 1 amide bonds. The standard InChI is InChI=1S/C11H17N3OS/c12-11-13-7-9(16-11)8-14-6-4-2-1-3-5-10(14)15/h7H,1-6,8H2,(H2,12,13). The summed E-state index contributed by atoms with van der Waals surface area (Å²) in [5.41, 5.74) is 5.58. The van der Waals surface area contributed by atoms with Crippen LogP contribution in [-0.2, 0) is 11.3 Å². The summed E-state index contributed by atoms with van der Waals surface area (Å²) in [6, 6.07) is 0. The zero-order valence-corrected chi connectivity index (χ0v) is 10.1. The molecular formula is C11H17N3OS. The summed E-state index contributed by atoms with van der Waals surface area (Å²) in [6.45, 7) is 1.55. The Morgan fingerprint density at radius 3 is 2.94 bits per heavy atom. The molecule has 1 aliphatic heterocycles. The van der Waals surface area contributed by atoms with Crippen molar-refractivity contribution in [2.24, 2.45) is 0 Å². The van der Waals surface area contributed by atoms with Crippen LogP contribution in [0.25, 0.3) is 0 Å². The second-order valence-electron chi connectivity index (χ2n) is 4.14. The van der Waals surface area contributed by atoms with Crippen molar-refractivity contribution in [2.45, 2.75) is 38.6 Å². The Hall–Kier alpha value is -1.10. The highest BCUT2D eigenvalue weighted by Crippen LogP contribution is 2.19. The van der Waals surface area contributed by atoms with Crippen LogP contribution < -0.4 is 5.73 Å². The average molecular weight is 239 g/mol. The number of carbonyl (C=O) groups is 1. The van der Waals surface area contributed by atoms with E-state index in [1.54, 1.807) is 6.20 Å². The van der Waals surface area contributed by atoms with Gasteiger partial charge in [0.2, 0.25) is 5.91 Å². The molecule has 2 rings (SSSR count). The number of likely N-dealkylation sites (tertiary alicyclic amines) is 1. The molecular weight excluding hydrogens is 222 g/mol. The molecule has 5 heteroatoms. The summed E-state index contributed by atoms with van der Waals surface area (Å²) in [5, 5.41) is 0.578. The summed E-state index contributed by atoms with van der Waals surface area (Å²) in [6.07, 6.45) is 7.02. The van der Waals surface area contributed by atoms with Crippen molar-refractivity contribution in [1.82, 2.24) is 9.88 Å². The maximum Gasteiger partial charge on any atom is 0.222 e. The van der Waals surface area contributed by atoms with E-state index in [0.29, 0.717) is 18.1 Å². The van der Waals surface area contributed by atoms with E-state index in [4.69, 9.17) is 5.73 Å². The van der Waals surface area contributed by atoms with Gasteiger partial charge in [0.25, 0.3) is 0 Å². The first-order valence-corrected chi connectivity index (χ1v) is 6.55. The molecule has 1 saturated heterocycles. The van der Waals surface area contributed by atoms with Crippen molar-refractivity contribution in [3.8, 4) is 0 Å². The van der Waals surface area contributed by atoms with Crippen LogP contribution in [0.3, 0.4) is 0 Å². The maximum atomic E-state index is 11.9. The van der Waals surface area contributed by atoms with Crippen molar-refractivity contribution in [3.05, 3.63) is 11.1 Å². The first-order chi connectivity index (χ1) is 7.75. The maximum absolute atomic E-state index is 11.9. The van der Waals surface area contributed by atoms with Crippen molar-refractivity contribution < 1.29 is 4.79 Å². The highest BCUT2D eigenvalue weighted by atomic mass is 32.1. The number of amides is 1. The second-order valence-corrected chi connectivity index (χ2v) is 5.29. The third kappa shape index (κ3) is 2.95. The molecule has 0 bridgehead atoms. The Balaban J connectivity index is 1.97. The fourth-order valence-electron chi connectivity index (χ4n) is 1.97. The van der Waals surface area contributed by atoms with E-state index < -0.39 is 0 Å². The van der Waals surface area contributed by atoms with Crippen LogP contribution in [0.5, 0.6) is 0 Å². The van der Waals surface area contributed by atoms with Gasteiger partial charge in [0.05, 0.1) is 6.54 Å². The first-order valence-electron chi connectivity index (χ1n) is 5.73. The van der Waals surface area contributed by atoms with Gasteiger partial charge >= 0.3 is 0 Å². The highest BCUT2D eigenvalue weighted by Gasteiger charge is 2.16. The Morgan fingerprint density at radius 1 is 1.38 bits per heavy atom. The summed E-state index contributed by atoms with van der Waals surface area (Å²) < 4.78 is 0. The molecule has 0 aliphatic carbocycles. The van der Waals surface area contributed by atoms with Gasteiger partial charge in [-0.3, -0.25) is 4.79 Å². The number of hydrogen-bond donors (Lipinski definition) is 1. The minimum Gasteiger partial charge on any atom is -0.375 e. The lowest BCUT2D eigenvalue weighted by molar-refractivity contribution is -0.132. The normalized spacial score (nSPS) is 18.2. The lowest BCUT2D eigenvalue weighted by atomic mass is 10.1. The average Bonchev–Trinajstić information content (AvgIpc) is 2.64. The summed E-state index contributed by atoms with van der Waals surface area (Å²) >= 11 is 1.47. The Bertz CT molecular complexity index is 364. The van der Waals surface area contributed by atoms with Gasteiger partial charge in [-0.25, -0.2) is 4.98 Å². The van der Waals surface area contributed by atoms with Crippen molar-refractivity contribution in [1.29, 1.82) is 0 Å². The van der Waals surface area contributed by atoms with Gasteiger partial charge in [0.1, 0.15) is 0 Å². The van der Waals surface area contributed by atoms with Gasteiger partial charge in [-0.05, 0) is 12.8 Å². The van der Waals surface area contributed by atoms with Gasteiger partial charge in [0, 0.05) is 24.0 Å². The van der Waals surface area contributed by atoms with Crippen LogP contribution in [0.4, 0.5) is 5.13 Å². The molecule has 1 aromatic heterocycles. The van der Waals surface area contributed by atoms with Crippen molar-refractivity contribution in [3.63, 3.8) is 0 Å². The van der Waals surface area contributed by atoms with Gasteiger partial charge in [-0.2, -0.15) is 0 Å². The number of aromatic nitrogens is 1. The molecule has 88 valence electrons. The number of carbonyl (C=O) groups excluding carboxylic acids is 1. The van der Waals surface area contributed by atoms with E-state index in [1.807, 2.05) is 4.90 Å². The lowest BCUT2D eigenvalue weighted by Gasteiger charge is -2.24. The van der Waals surface area contributed by atoms with E-state index in [2.05, 4.69) is 4.98 Å². The molecule has 0 unspecified atom stereocenters. The number of nitrogens with zero attached hydrogens (tertiary/aromatic N) is 2. The SMILES string of the molecule is Nc1ncc(CN2CCCCCCC2=O)s1. The van der Waals surface area contributed by atoms with Crippen molar-refractivity contribution in [2.75, 3.05) is 12.3 Å². The van der Waals surface area contributed by atoms with Gasteiger partial charge < -0.3 is 10.6 Å². The molecule has 1 aliphatic rings. The molecule has 0 radical (unpaired) electrons. The van der Waals surface area contributed by atoms with E-state index in [9.17, 15) is 4.79 Å². The van der Waals surface area contributed by atoms with Crippen LogP contribution in [-0.4, -0.2) is 22.3 Å². The van der Waals surface area contributed by atoms with E-state index in [1.165, 1.54) is 24.2 Å². The zero-order valence-electron chi connectivity index (χ0n) is 9.32. The Morgan fingerprint density at radius 2 is 2.19 bits per heavy atom. The summed E-state index contributed by atoms with van der Waals surface area (Å²) in [7, 11) is 0. The van der Waals surface area contributed by atoms with Gasteiger partial charge in [-0.15, -0.1) is 11.3 Å². The predicted molar refractivity (Wildman–Crippen MR) is 65.0 cm³/mol. The lowest BCUT2D eigenvalue weighted by Crippen LogP contribution is -2.32. The molecule has 4 nitrogen and oxygen atoms in total. The third-order valence-corrected chi connectivity index (χ3v) is 3.65. The van der Waals surface area contributed by atoms with Gasteiger partial charge in [0.15, 0.2) is 5.13 Å². The number of hydrogen-bond acceptors (Lipinski definition) is 4. The summed E-state index contributed by atoms with van der Waals surface area (Å²) in [5.74, 6) is 0.270. The summed E-state index contributed by atoms with van der Waals surface area (Å²) in [4.78, 5) is 18.9. The van der Waals surface area contributed by atoms with Crippen molar-refractivity contribution >= 4 is 22.4 Å². The molecule has 1 aromatic rings. The number of nitrogen functional groups attached to an aromatic ring is 1.